The summed E-state index contributed by atoms with van der Waals surface area (Å²) in [6, 6.07) is 13.1. The van der Waals surface area contributed by atoms with Gasteiger partial charge in [-0.3, -0.25) is 4.57 Å². The van der Waals surface area contributed by atoms with Crippen LogP contribution < -0.4 is 10.5 Å². The van der Waals surface area contributed by atoms with Gasteiger partial charge in [-0.05, 0) is 30.3 Å². The predicted octanol–water partition coefficient (Wildman–Crippen LogP) is 3.25. The Labute approximate surface area is 129 Å². The van der Waals surface area contributed by atoms with Crippen LogP contribution in [-0.4, -0.2) is 16.7 Å². The third-order valence-corrected chi connectivity index (χ3v) is 3.70. The minimum Gasteiger partial charge on any atom is -0.497 e. The lowest BCUT2D eigenvalue weighted by molar-refractivity contribution is 0.415. The Kier molecular flexibility index (Phi) is 3.28. The second-order valence-corrected chi connectivity index (χ2v) is 5.35. The number of hydrogen-bond donors (Lipinski definition) is 1. The topological polar surface area (TPSA) is 76.9 Å². The van der Waals surface area contributed by atoms with E-state index in [1.165, 1.54) is 0 Å². The number of hydrogen-bond acceptors (Lipinski definition) is 4. The Bertz CT molecular complexity index is 879. The standard InChI is InChI=1S/C15H11BrN4O/c1-21-11-4-5-12-14(7-11)20(15(18)19-12)13-6-10(16)3-2-9(13)8-17/h2-7H,1H3,(H2,18,19). The predicted molar refractivity (Wildman–Crippen MR) is 84.4 cm³/mol. The number of halogens is 1. The first-order valence-electron chi connectivity index (χ1n) is 6.16. The Morgan fingerprint density at radius 1 is 1.29 bits per heavy atom. The van der Waals surface area contributed by atoms with Gasteiger partial charge in [-0.2, -0.15) is 5.26 Å². The lowest BCUT2D eigenvalue weighted by atomic mass is 10.2. The van der Waals surface area contributed by atoms with Crippen molar-refractivity contribution in [2.75, 3.05) is 12.8 Å². The molecule has 3 aromatic rings. The molecule has 0 saturated carbocycles. The molecule has 0 unspecified atom stereocenters. The fraction of sp³-hybridized carbons (Fsp3) is 0.0667. The summed E-state index contributed by atoms with van der Waals surface area (Å²) in [7, 11) is 1.60. The van der Waals surface area contributed by atoms with Crippen molar-refractivity contribution in [2.45, 2.75) is 0 Å². The number of nitrogens with two attached hydrogens (primary N) is 1. The molecule has 0 saturated heterocycles. The van der Waals surface area contributed by atoms with Crippen LogP contribution in [0.15, 0.2) is 40.9 Å². The van der Waals surface area contributed by atoms with E-state index in [0.29, 0.717) is 22.9 Å². The van der Waals surface area contributed by atoms with E-state index in [9.17, 15) is 5.26 Å². The van der Waals surface area contributed by atoms with Crippen LogP contribution in [0.4, 0.5) is 5.95 Å². The van der Waals surface area contributed by atoms with Gasteiger partial charge in [-0.15, -0.1) is 0 Å². The van der Waals surface area contributed by atoms with Crippen LogP contribution in [0, 0.1) is 11.3 Å². The average molecular weight is 343 g/mol. The molecule has 104 valence electrons. The molecule has 0 bridgehead atoms. The number of fused-ring (bicyclic) bond motifs is 1. The summed E-state index contributed by atoms with van der Waals surface area (Å²) >= 11 is 3.42. The number of nitriles is 1. The Morgan fingerprint density at radius 2 is 2.10 bits per heavy atom. The molecule has 0 aliphatic carbocycles. The molecule has 2 N–H and O–H groups in total. The van der Waals surface area contributed by atoms with Gasteiger partial charge >= 0.3 is 0 Å². The minimum absolute atomic E-state index is 0.327. The lowest BCUT2D eigenvalue weighted by Crippen LogP contribution is -2.03. The van der Waals surface area contributed by atoms with Crippen molar-refractivity contribution in [1.29, 1.82) is 5.26 Å². The van der Waals surface area contributed by atoms with E-state index in [0.717, 1.165) is 15.5 Å². The van der Waals surface area contributed by atoms with Crippen molar-refractivity contribution in [2.24, 2.45) is 0 Å². The molecule has 1 heterocycles. The van der Waals surface area contributed by atoms with Crippen molar-refractivity contribution in [3.05, 3.63) is 46.4 Å². The zero-order valence-corrected chi connectivity index (χ0v) is 12.8. The van der Waals surface area contributed by atoms with Crippen LogP contribution in [0.1, 0.15) is 5.56 Å². The second kappa shape index (κ2) is 5.11. The summed E-state index contributed by atoms with van der Waals surface area (Å²) in [6.07, 6.45) is 0. The molecule has 0 spiro atoms. The highest BCUT2D eigenvalue weighted by Gasteiger charge is 2.14. The van der Waals surface area contributed by atoms with Crippen LogP contribution in [0.3, 0.4) is 0 Å². The maximum absolute atomic E-state index is 9.31. The number of ether oxygens (including phenoxy) is 1. The van der Waals surface area contributed by atoms with E-state index < -0.39 is 0 Å². The van der Waals surface area contributed by atoms with Gasteiger partial charge in [0.25, 0.3) is 0 Å². The molecule has 1 aromatic heterocycles. The summed E-state index contributed by atoms with van der Waals surface area (Å²) in [4.78, 5) is 4.33. The summed E-state index contributed by atoms with van der Waals surface area (Å²) in [5, 5.41) is 9.31. The van der Waals surface area contributed by atoms with Crippen LogP contribution >= 0.6 is 15.9 Å². The van der Waals surface area contributed by atoms with Gasteiger partial charge in [0.2, 0.25) is 5.95 Å². The summed E-state index contributed by atoms with van der Waals surface area (Å²) in [6.45, 7) is 0. The monoisotopic (exact) mass is 342 g/mol. The van der Waals surface area contributed by atoms with Crippen LogP contribution in [-0.2, 0) is 0 Å². The molecule has 0 aliphatic heterocycles. The van der Waals surface area contributed by atoms with E-state index in [1.807, 2.05) is 30.3 Å². The highest BCUT2D eigenvalue weighted by Crippen LogP contribution is 2.29. The van der Waals surface area contributed by atoms with E-state index in [2.05, 4.69) is 27.0 Å². The van der Waals surface area contributed by atoms with Gasteiger partial charge in [0.1, 0.15) is 11.8 Å². The summed E-state index contributed by atoms with van der Waals surface area (Å²) < 4.78 is 7.86. The maximum Gasteiger partial charge on any atom is 0.205 e. The van der Waals surface area contributed by atoms with Gasteiger partial charge < -0.3 is 10.5 Å². The van der Waals surface area contributed by atoms with Gasteiger partial charge in [0.05, 0.1) is 29.4 Å². The molecule has 0 fully saturated rings. The second-order valence-electron chi connectivity index (χ2n) is 4.43. The normalized spacial score (nSPS) is 10.5. The summed E-state index contributed by atoms with van der Waals surface area (Å²) in [5.41, 5.74) is 8.78. The van der Waals surface area contributed by atoms with Crippen LogP contribution in [0.25, 0.3) is 16.7 Å². The fourth-order valence-corrected chi connectivity index (χ4v) is 2.59. The van der Waals surface area contributed by atoms with Gasteiger partial charge in [0.15, 0.2) is 0 Å². The maximum atomic E-state index is 9.31. The van der Waals surface area contributed by atoms with Crippen molar-refractivity contribution < 1.29 is 4.74 Å². The average Bonchev–Trinajstić information content (AvgIpc) is 2.81. The quantitative estimate of drug-likeness (QED) is 0.775. The third kappa shape index (κ3) is 2.22. The molecule has 6 heteroatoms. The number of benzene rings is 2. The Balaban J connectivity index is 2.37. The minimum atomic E-state index is 0.327. The van der Waals surface area contributed by atoms with Crippen molar-refractivity contribution in [3.63, 3.8) is 0 Å². The Hall–Kier alpha value is -2.52. The molecular formula is C15H11BrN4O. The highest BCUT2D eigenvalue weighted by atomic mass is 79.9. The number of methoxy groups -OCH3 is 1. The number of anilines is 1. The highest BCUT2D eigenvalue weighted by molar-refractivity contribution is 9.10. The van der Waals surface area contributed by atoms with E-state index in [4.69, 9.17) is 10.5 Å². The zero-order chi connectivity index (χ0) is 15.0. The first-order valence-corrected chi connectivity index (χ1v) is 6.95. The van der Waals surface area contributed by atoms with Crippen molar-refractivity contribution in [1.82, 2.24) is 9.55 Å². The van der Waals surface area contributed by atoms with Gasteiger partial charge in [-0.25, -0.2) is 4.98 Å². The van der Waals surface area contributed by atoms with E-state index >= 15 is 0 Å². The molecule has 0 aliphatic rings. The fourth-order valence-electron chi connectivity index (χ4n) is 2.24. The number of nitrogen functional groups attached to an aromatic ring is 1. The lowest BCUT2D eigenvalue weighted by Gasteiger charge is -2.09. The molecule has 2 aromatic carbocycles. The molecular weight excluding hydrogens is 332 g/mol. The van der Waals surface area contributed by atoms with Crippen LogP contribution in [0.2, 0.25) is 0 Å². The number of imidazole rings is 1. The molecule has 0 atom stereocenters. The van der Waals surface area contributed by atoms with Crippen LogP contribution in [0.5, 0.6) is 5.75 Å². The first kappa shape index (κ1) is 13.5. The SMILES string of the molecule is COc1ccc2nc(N)n(-c3cc(Br)ccc3C#N)c2c1. The first-order chi connectivity index (χ1) is 10.1. The third-order valence-electron chi connectivity index (χ3n) is 3.21. The Morgan fingerprint density at radius 3 is 2.81 bits per heavy atom. The van der Waals surface area contributed by atoms with Gasteiger partial charge in [-0.1, -0.05) is 15.9 Å². The smallest absolute Gasteiger partial charge is 0.205 e. The molecule has 3 rings (SSSR count). The number of nitrogens with zero attached hydrogens (tertiary/aromatic N) is 3. The number of rotatable bonds is 2. The molecule has 0 amide bonds. The molecule has 0 radical (unpaired) electrons. The molecule has 21 heavy (non-hydrogen) atoms. The molecule has 5 nitrogen and oxygen atoms in total. The van der Waals surface area contributed by atoms with E-state index in [-0.39, 0.29) is 0 Å². The zero-order valence-electron chi connectivity index (χ0n) is 11.2. The van der Waals surface area contributed by atoms with Gasteiger partial charge in [0, 0.05) is 10.5 Å². The summed E-state index contributed by atoms with van der Waals surface area (Å²) in [5.74, 6) is 1.03. The van der Waals surface area contributed by atoms with E-state index in [1.54, 1.807) is 17.7 Å². The largest absolute Gasteiger partial charge is 0.497 e. The number of aromatic nitrogens is 2. The van der Waals surface area contributed by atoms with Crippen molar-refractivity contribution >= 4 is 32.9 Å². The van der Waals surface area contributed by atoms with Crippen molar-refractivity contribution in [3.8, 4) is 17.5 Å².